The molecule has 0 aromatic carbocycles. The fourth-order valence-electron chi connectivity index (χ4n) is 1.35. The molecule has 0 atom stereocenters. The van der Waals surface area contributed by atoms with Crippen molar-refractivity contribution in [1.29, 1.82) is 0 Å². The molecule has 0 unspecified atom stereocenters. The fraction of sp³-hybridized carbons (Fsp3) is 0.455. The molecule has 106 valence electrons. The third-order valence-electron chi connectivity index (χ3n) is 2.22. The molecule has 0 saturated heterocycles. The maximum absolute atomic E-state index is 12.7. The molecule has 0 saturated carbocycles. The maximum atomic E-state index is 12.7. The number of pyridine rings is 1. The van der Waals surface area contributed by atoms with Crippen molar-refractivity contribution >= 4 is 5.97 Å². The van der Waals surface area contributed by atoms with E-state index in [0.29, 0.717) is 0 Å². The van der Waals surface area contributed by atoms with Gasteiger partial charge in [0.1, 0.15) is 6.61 Å². The maximum Gasteiger partial charge on any atom is 0.437 e. The molecule has 0 bridgehead atoms. The third-order valence-corrected chi connectivity index (χ3v) is 2.22. The molecule has 0 fully saturated rings. The molecule has 1 rings (SSSR count). The molecule has 1 aromatic heterocycles. The van der Waals surface area contributed by atoms with Crippen LogP contribution in [0.15, 0.2) is 6.07 Å². The number of hydrogen-bond acceptors (Lipinski definition) is 4. The fourth-order valence-corrected chi connectivity index (χ4v) is 1.35. The van der Waals surface area contributed by atoms with Crippen LogP contribution in [-0.2, 0) is 10.9 Å². The minimum Gasteiger partial charge on any atom is -0.489 e. The topological polar surface area (TPSA) is 68.7 Å². The van der Waals surface area contributed by atoms with Crippen LogP contribution in [0.4, 0.5) is 13.2 Å². The third kappa shape index (κ3) is 3.82. The van der Waals surface area contributed by atoms with Crippen molar-refractivity contribution in [2.45, 2.75) is 13.1 Å². The summed E-state index contributed by atoms with van der Waals surface area (Å²) in [5.41, 5.74) is -1.80. The Balaban J connectivity index is 3.21. The molecule has 8 heteroatoms. The molecule has 0 spiro atoms. The average Bonchev–Trinajstić information content (AvgIpc) is 2.29. The number of aromatic carboxylic acids is 1. The highest BCUT2D eigenvalue weighted by Gasteiger charge is 2.37. The van der Waals surface area contributed by atoms with E-state index in [9.17, 15) is 18.0 Å². The van der Waals surface area contributed by atoms with E-state index in [0.717, 1.165) is 6.07 Å². The van der Waals surface area contributed by atoms with Gasteiger partial charge in [0.15, 0.2) is 11.4 Å². The zero-order chi connectivity index (χ0) is 14.6. The Morgan fingerprint density at radius 2 is 2.05 bits per heavy atom. The summed E-state index contributed by atoms with van der Waals surface area (Å²) in [4.78, 5) is 14.1. The number of alkyl halides is 3. The van der Waals surface area contributed by atoms with Crippen LogP contribution >= 0.6 is 0 Å². The van der Waals surface area contributed by atoms with Gasteiger partial charge in [-0.05, 0) is 13.0 Å². The molecule has 1 heterocycles. The number of ether oxygens (including phenoxy) is 2. The first-order valence-electron chi connectivity index (χ1n) is 5.21. The van der Waals surface area contributed by atoms with Gasteiger partial charge in [0, 0.05) is 7.11 Å². The number of rotatable bonds is 5. The highest BCUT2D eigenvalue weighted by Crippen LogP contribution is 2.35. The SMILES string of the molecule is COCCOc1cc(C(=O)O)c(C)nc1C(F)(F)F. The largest absolute Gasteiger partial charge is 0.489 e. The molecule has 5 nitrogen and oxygen atoms in total. The summed E-state index contributed by atoms with van der Waals surface area (Å²) in [6.07, 6.45) is -4.72. The summed E-state index contributed by atoms with van der Waals surface area (Å²) in [5, 5.41) is 8.85. The number of carboxylic acid groups (broad SMARTS) is 1. The Labute approximate surface area is 107 Å². The van der Waals surface area contributed by atoms with Crippen LogP contribution < -0.4 is 4.74 Å². The minimum absolute atomic E-state index is 0.0770. The lowest BCUT2D eigenvalue weighted by molar-refractivity contribution is -0.142. The van der Waals surface area contributed by atoms with E-state index in [4.69, 9.17) is 9.84 Å². The first-order chi connectivity index (χ1) is 8.77. The number of carbonyl (C=O) groups is 1. The van der Waals surface area contributed by atoms with Crippen LogP contribution in [-0.4, -0.2) is 36.4 Å². The monoisotopic (exact) mass is 279 g/mol. The standard InChI is InChI=1S/C11H12F3NO4/c1-6-7(10(16)17)5-8(19-4-3-18-2)9(15-6)11(12,13)14/h5H,3-4H2,1-2H3,(H,16,17). The van der Waals surface area contributed by atoms with Gasteiger partial charge in [-0.3, -0.25) is 0 Å². The van der Waals surface area contributed by atoms with E-state index in [1.165, 1.54) is 14.0 Å². The summed E-state index contributed by atoms with van der Waals surface area (Å²) >= 11 is 0. The zero-order valence-electron chi connectivity index (χ0n) is 10.2. The number of carboxylic acids is 1. The van der Waals surface area contributed by atoms with E-state index in [1.807, 2.05) is 0 Å². The van der Waals surface area contributed by atoms with Crippen molar-refractivity contribution in [2.75, 3.05) is 20.3 Å². The zero-order valence-corrected chi connectivity index (χ0v) is 10.2. The molecular formula is C11H12F3NO4. The predicted octanol–water partition coefficient (Wildman–Crippen LogP) is 2.13. The number of halogens is 3. The first kappa shape index (κ1) is 15.2. The van der Waals surface area contributed by atoms with Crippen LogP contribution in [0.1, 0.15) is 21.7 Å². The van der Waals surface area contributed by atoms with Crippen LogP contribution in [0.3, 0.4) is 0 Å². The summed E-state index contributed by atoms with van der Waals surface area (Å²) in [5.74, 6) is -1.98. The van der Waals surface area contributed by atoms with Crippen LogP contribution in [0.5, 0.6) is 5.75 Å². The lowest BCUT2D eigenvalue weighted by atomic mass is 10.1. The minimum atomic E-state index is -4.72. The molecule has 0 radical (unpaired) electrons. The van der Waals surface area contributed by atoms with Crippen molar-refractivity contribution in [3.05, 3.63) is 23.0 Å². The normalized spacial score (nSPS) is 11.4. The number of hydrogen-bond donors (Lipinski definition) is 1. The second kappa shape index (κ2) is 5.87. The summed E-state index contributed by atoms with van der Waals surface area (Å²) in [7, 11) is 1.37. The molecule has 1 aromatic rings. The van der Waals surface area contributed by atoms with Crippen molar-refractivity contribution in [2.24, 2.45) is 0 Å². The lowest BCUT2D eigenvalue weighted by Crippen LogP contribution is -2.16. The van der Waals surface area contributed by atoms with Gasteiger partial charge in [-0.15, -0.1) is 0 Å². The van der Waals surface area contributed by atoms with Crippen molar-refractivity contribution < 1.29 is 32.5 Å². The second-order valence-corrected chi connectivity index (χ2v) is 3.61. The van der Waals surface area contributed by atoms with E-state index in [-0.39, 0.29) is 24.5 Å². The lowest BCUT2D eigenvalue weighted by Gasteiger charge is -2.14. The Bertz CT molecular complexity index is 474. The Morgan fingerprint density at radius 3 is 2.53 bits per heavy atom. The molecule has 0 amide bonds. The average molecular weight is 279 g/mol. The van der Waals surface area contributed by atoms with E-state index in [2.05, 4.69) is 9.72 Å². The molecular weight excluding hydrogens is 267 g/mol. The quantitative estimate of drug-likeness (QED) is 0.836. The summed E-state index contributed by atoms with van der Waals surface area (Å²) < 4.78 is 47.8. The van der Waals surface area contributed by atoms with Gasteiger partial charge in [-0.2, -0.15) is 13.2 Å². The summed E-state index contributed by atoms with van der Waals surface area (Å²) in [6.45, 7) is 1.13. The number of methoxy groups -OCH3 is 1. The van der Waals surface area contributed by atoms with Crippen molar-refractivity contribution in [3.63, 3.8) is 0 Å². The van der Waals surface area contributed by atoms with Gasteiger partial charge in [0.05, 0.1) is 17.9 Å². The van der Waals surface area contributed by atoms with Crippen molar-refractivity contribution in [1.82, 2.24) is 4.98 Å². The second-order valence-electron chi connectivity index (χ2n) is 3.61. The Morgan fingerprint density at radius 1 is 1.42 bits per heavy atom. The first-order valence-corrected chi connectivity index (χ1v) is 5.21. The molecule has 0 aliphatic carbocycles. The van der Waals surface area contributed by atoms with E-state index >= 15 is 0 Å². The van der Waals surface area contributed by atoms with Crippen LogP contribution in [0.2, 0.25) is 0 Å². The van der Waals surface area contributed by atoms with E-state index in [1.54, 1.807) is 0 Å². The molecule has 0 aliphatic rings. The van der Waals surface area contributed by atoms with Gasteiger partial charge in [0.2, 0.25) is 0 Å². The van der Waals surface area contributed by atoms with Gasteiger partial charge >= 0.3 is 12.1 Å². The van der Waals surface area contributed by atoms with Crippen LogP contribution in [0.25, 0.3) is 0 Å². The number of nitrogens with zero attached hydrogens (tertiary/aromatic N) is 1. The number of aromatic nitrogens is 1. The molecule has 19 heavy (non-hydrogen) atoms. The van der Waals surface area contributed by atoms with Crippen LogP contribution in [0, 0.1) is 6.92 Å². The van der Waals surface area contributed by atoms with Gasteiger partial charge in [-0.1, -0.05) is 0 Å². The predicted molar refractivity (Wildman–Crippen MR) is 58.3 cm³/mol. The highest BCUT2D eigenvalue weighted by atomic mass is 19.4. The smallest absolute Gasteiger partial charge is 0.437 e. The van der Waals surface area contributed by atoms with Crippen molar-refractivity contribution in [3.8, 4) is 5.75 Å². The van der Waals surface area contributed by atoms with E-state index < -0.39 is 23.6 Å². The highest BCUT2D eigenvalue weighted by molar-refractivity contribution is 5.89. The molecule has 0 aliphatic heterocycles. The Kier molecular flexibility index (Phi) is 4.71. The molecule has 1 N–H and O–H groups in total. The van der Waals surface area contributed by atoms with Gasteiger partial charge in [-0.25, -0.2) is 9.78 Å². The Hall–Kier alpha value is -1.83. The summed E-state index contributed by atoms with van der Waals surface area (Å²) in [6, 6.07) is 0.823. The van der Waals surface area contributed by atoms with Gasteiger partial charge < -0.3 is 14.6 Å². The van der Waals surface area contributed by atoms with Gasteiger partial charge in [0.25, 0.3) is 0 Å². The number of aryl methyl sites for hydroxylation is 1.